The Bertz CT molecular complexity index is 733. The minimum Gasteiger partial charge on any atom is -0.292 e. The molecular formula is C17H24N2O3S. The zero-order valence-corrected chi connectivity index (χ0v) is 14.9. The fraction of sp³-hybridized carbons (Fsp3) is 0.647. The van der Waals surface area contributed by atoms with Gasteiger partial charge in [0.15, 0.2) is 0 Å². The number of hydrogen-bond donors (Lipinski definition) is 0. The Labute approximate surface area is 138 Å². The summed E-state index contributed by atoms with van der Waals surface area (Å²) in [4.78, 5) is 6.49. The summed E-state index contributed by atoms with van der Waals surface area (Å²) in [6.07, 6.45) is 1.03. The Morgan fingerprint density at radius 1 is 1.22 bits per heavy atom. The van der Waals surface area contributed by atoms with Crippen molar-refractivity contribution in [3.63, 3.8) is 0 Å². The molecule has 0 amide bonds. The van der Waals surface area contributed by atoms with Crippen LogP contribution >= 0.6 is 0 Å². The summed E-state index contributed by atoms with van der Waals surface area (Å²) in [5.41, 5.74) is 0.930. The van der Waals surface area contributed by atoms with Crippen LogP contribution in [0.5, 0.6) is 0 Å². The van der Waals surface area contributed by atoms with Crippen LogP contribution in [0, 0.1) is 18.8 Å². The molecule has 23 heavy (non-hydrogen) atoms. The molecule has 2 saturated heterocycles. The number of likely N-dealkylation sites (N-methyl/N-ethyl adjacent to an activating group) is 1. The Morgan fingerprint density at radius 3 is 2.39 bits per heavy atom. The first-order valence-corrected chi connectivity index (χ1v) is 9.72. The molecule has 2 aliphatic heterocycles. The minimum absolute atomic E-state index is 0.0801. The maximum atomic E-state index is 13.1. The normalized spacial score (nSPS) is 40.7. The smallest absolute Gasteiger partial charge is 0.243 e. The first-order valence-electron chi connectivity index (χ1n) is 8.28. The third kappa shape index (κ3) is 2.05. The molecule has 3 fully saturated rings. The monoisotopic (exact) mass is 336 g/mol. The van der Waals surface area contributed by atoms with Gasteiger partial charge in [-0.2, -0.15) is 9.37 Å². The number of aryl methyl sites for hydroxylation is 1. The van der Waals surface area contributed by atoms with Crippen LogP contribution < -0.4 is 0 Å². The van der Waals surface area contributed by atoms with Crippen LogP contribution in [-0.2, 0) is 14.9 Å². The summed E-state index contributed by atoms with van der Waals surface area (Å²) in [6, 6.07) is 7.19. The fourth-order valence-electron chi connectivity index (χ4n) is 4.60. The average molecular weight is 336 g/mol. The van der Waals surface area contributed by atoms with E-state index in [4.69, 9.17) is 4.84 Å². The lowest BCUT2D eigenvalue weighted by Crippen LogP contribution is -2.42. The SMILES string of the molecule is Cc1ccc(S(=O)(=O)N2C[C@@H]3[C@H]([C@@H]2C)N(C)O[C@]32C[C@@H]2C)cc1. The fourth-order valence-corrected chi connectivity index (χ4v) is 6.27. The summed E-state index contributed by atoms with van der Waals surface area (Å²) in [6.45, 7) is 6.71. The number of benzene rings is 1. The summed E-state index contributed by atoms with van der Waals surface area (Å²) >= 11 is 0. The number of fused-ring (bicyclic) bond motifs is 2. The van der Waals surface area contributed by atoms with Crippen LogP contribution in [-0.4, -0.2) is 49.1 Å². The predicted molar refractivity (Wildman–Crippen MR) is 87.2 cm³/mol. The topological polar surface area (TPSA) is 49.9 Å². The Morgan fingerprint density at radius 2 is 1.83 bits per heavy atom. The lowest BCUT2D eigenvalue weighted by atomic mass is 9.92. The molecule has 4 rings (SSSR count). The highest BCUT2D eigenvalue weighted by Crippen LogP contribution is 2.60. The van der Waals surface area contributed by atoms with Crippen LogP contribution in [0.1, 0.15) is 25.8 Å². The van der Waals surface area contributed by atoms with Gasteiger partial charge in [0.05, 0.1) is 16.5 Å². The average Bonchev–Trinajstić information content (AvgIpc) is 2.87. The van der Waals surface area contributed by atoms with Crippen LogP contribution in [0.2, 0.25) is 0 Å². The standard InChI is InChI=1S/C17H24N2O3S/c1-11-5-7-14(8-6-11)23(20,21)19-10-15-16(13(19)3)18(4)22-17(15)9-12(17)2/h5-8,12-13,15-16H,9-10H2,1-4H3/t12-,13-,15+,16-,17-/m0/s1. The summed E-state index contributed by atoms with van der Waals surface area (Å²) < 4.78 is 27.8. The first-order chi connectivity index (χ1) is 10.8. The van der Waals surface area contributed by atoms with Gasteiger partial charge in [0.2, 0.25) is 10.0 Å². The number of nitrogens with zero attached hydrogens (tertiary/aromatic N) is 2. The second kappa shape index (κ2) is 4.79. The molecule has 0 radical (unpaired) electrons. The molecule has 5 nitrogen and oxygen atoms in total. The molecule has 0 N–H and O–H groups in total. The van der Waals surface area contributed by atoms with Gasteiger partial charge in [-0.15, -0.1) is 0 Å². The highest BCUT2D eigenvalue weighted by molar-refractivity contribution is 7.89. The van der Waals surface area contributed by atoms with Gasteiger partial charge >= 0.3 is 0 Å². The van der Waals surface area contributed by atoms with Crippen molar-refractivity contribution in [2.75, 3.05) is 13.6 Å². The number of sulfonamides is 1. The second-order valence-electron chi connectivity index (χ2n) is 7.42. The molecule has 0 aromatic heterocycles. The molecule has 126 valence electrons. The van der Waals surface area contributed by atoms with E-state index in [9.17, 15) is 8.42 Å². The Hall–Kier alpha value is -0.950. The van der Waals surface area contributed by atoms with Crippen molar-refractivity contribution in [2.24, 2.45) is 11.8 Å². The molecule has 3 aliphatic rings. The van der Waals surface area contributed by atoms with E-state index in [0.717, 1.165) is 12.0 Å². The van der Waals surface area contributed by atoms with Crippen LogP contribution in [0.3, 0.4) is 0 Å². The molecule has 0 bridgehead atoms. The van der Waals surface area contributed by atoms with E-state index in [0.29, 0.717) is 17.4 Å². The van der Waals surface area contributed by atoms with Crippen molar-refractivity contribution < 1.29 is 13.3 Å². The molecule has 1 aromatic carbocycles. The van der Waals surface area contributed by atoms with Crippen molar-refractivity contribution in [1.29, 1.82) is 0 Å². The zero-order chi connectivity index (χ0) is 16.6. The molecular weight excluding hydrogens is 312 g/mol. The maximum Gasteiger partial charge on any atom is 0.243 e. The van der Waals surface area contributed by atoms with Gasteiger partial charge in [-0.3, -0.25) is 4.84 Å². The van der Waals surface area contributed by atoms with Gasteiger partial charge in [-0.25, -0.2) is 8.42 Å². The van der Waals surface area contributed by atoms with E-state index in [2.05, 4.69) is 6.92 Å². The van der Waals surface area contributed by atoms with E-state index in [-0.39, 0.29) is 23.6 Å². The van der Waals surface area contributed by atoms with Gasteiger partial charge in [0.25, 0.3) is 0 Å². The minimum atomic E-state index is -3.46. The van der Waals surface area contributed by atoms with Gasteiger partial charge in [-0.1, -0.05) is 24.6 Å². The third-order valence-electron chi connectivity index (χ3n) is 6.03. The van der Waals surface area contributed by atoms with Gasteiger partial charge < -0.3 is 0 Å². The molecule has 1 spiro atoms. The van der Waals surface area contributed by atoms with E-state index in [1.807, 2.05) is 38.1 Å². The number of hydrogen-bond acceptors (Lipinski definition) is 4. The lowest BCUT2D eigenvalue weighted by Gasteiger charge is -2.27. The first kappa shape index (κ1) is 15.6. The van der Waals surface area contributed by atoms with Crippen molar-refractivity contribution in [2.45, 2.75) is 49.8 Å². The van der Waals surface area contributed by atoms with Crippen molar-refractivity contribution >= 4 is 10.0 Å². The zero-order valence-electron chi connectivity index (χ0n) is 14.1. The number of rotatable bonds is 2. The molecule has 5 atom stereocenters. The molecule has 6 heteroatoms. The molecule has 1 aliphatic carbocycles. The van der Waals surface area contributed by atoms with Gasteiger partial charge in [0, 0.05) is 25.6 Å². The van der Waals surface area contributed by atoms with E-state index in [1.54, 1.807) is 16.4 Å². The van der Waals surface area contributed by atoms with Crippen molar-refractivity contribution in [3.05, 3.63) is 29.8 Å². The molecule has 1 saturated carbocycles. The highest BCUT2D eigenvalue weighted by atomic mass is 32.2. The second-order valence-corrected chi connectivity index (χ2v) is 9.31. The largest absolute Gasteiger partial charge is 0.292 e. The number of hydroxylamine groups is 2. The quantitative estimate of drug-likeness (QED) is 0.829. The molecule has 0 unspecified atom stereocenters. The van der Waals surface area contributed by atoms with Gasteiger partial charge in [0.1, 0.15) is 0 Å². The van der Waals surface area contributed by atoms with Crippen LogP contribution in [0.4, 0.5) is 0 Å². The maximum absolute atomic E-state index is 13.1. The molecule has 1 aromatic rings. The van der Waals surface area contributed by atoms with Crippen molar-refractivity contribution in [3.8, 4) is 0 Å². The van der Waals surface area contributed by atoms with Gasteiger partial charge in [-0.05, 0) is 38.3 Å². The molecule has 2 heterocycles. The Kier molecular flexibility index (Phi) is 3.24. The van der Waals surface area contributed by atoms with Crippen LogP contribution in [0.15, 0.2) is 29.2 Å². The van der Waals surface area contributed by atoms with E-state index >= 15 is 0 Å². The van der Waals surface area contributed by atoms with Crippen molar-refractivity contribution in [1.82, 2.24) is 9.37 Å². The summed E-state index contributed by atoms with van der Waals surface area (Å²) in [5, 5.41) is 1.91. The summed E-state index contributed by atoms with van der Waals surface area (Å²) in [5.74, 6) is 0.770. The van der Waals surface area contributed by atoms with E-state index in [1.165, 1.54) is 0 Å². The van der Waals surface area contributed by atoms with Crippen LogP contribution in [0.25, 0.3) is 0 Å². The third-order valence-corrected chi connectivity index (χ3v) is 7.99. The van der Waals surface area contributed by atoms with E-state index < -0.39 is 10.0 Å². The predicted octanol–water partition coefficient (Wildman–Crippen LogP) is 2.03. The summed E-state index contributed by atoms with van der Waals surface area (Å²) in [7, 11) is -1.52. The Balaban J connectivity index is 1.67. The lowest BCUT2D eigenvalue weighted by molar-refractivity contribution is -0.166. The highest BCUT2D eigenvalue weighted by Gasteiger charge is 2.70.